The van der Waals surface area contributed by atoms with Gasteiger partial charge in [-0.1, -0.05) is 26.0 Å². The number of nitrogens with one attached hydrogen (secondary N) is 1. The van der Waals surface area contributed by atoms with Gasteiger partial charge in [-0.2, -0.15) is 0 Å². The average molecular weight is 414 g/mol. The maximum absolute atomic E-state index is 12.2. The second kappa shape index (κ2) is 8.51. The van der Waals surface area contributed by atoms with E-state index in [-0.39, 0.29) is 28.4 Å². The highest BCUT2D eigenvalue weighted by Gasteiger charge is 2.57. The maximum Gasteiger partial charge on any atom is 0.293 e. The van der Waals surface area contributed by atoms with Gasteiger partial charge in [-0.15, -0.1) is 0 Å². The molecule has 0 aromatic heterocycles. The van der Waals surface area contributed by atoms with Gasteiger partial charge in [0.25, 0.3) is 6.47 Å². The molecule has 2 rings (SSSR count). The minimum Gasteiger partial charge on any atom is -0.462 e. The molecule has 2 N–H and O–H groups in total. The molecule has 0 amide bonds. The van der Waals surface area contributed by atoms with Gasteiger partial charge in [0.05, 0.1) is 4.90 Å². The zero-order chi connectivity index (χ0) is 22.0. The molecule has 0 unspecified atom stereocenters. The Morgan fingerprint density at radius 1 is 1.11 bits per heavy atom. The standard InChI is InChI=1S/C16H25NO3S.C5H10O2/c1-15(2,3)17-21(19,20)12-8-6-11(7-9-12)14-13(10-18)16(14,4)5;1-5(2,3)7-4-6/h6-9,13-14,17-18H,10H2,1-5H3;4H,1-3H3/t13-,14-;/m1./s1. The van der Waals surface area contributed by atoms with Crippen molar-refractivity contribution in [3.05, 3.63) is 29.8 Å². The van der Waals surface area contributed by atoms with Crippen LogP contribution < -0.4 is 4.72 Å². The van der Waals surface area contributed by atoms with Crippen LogP contribution in [0, 0.1) is 11.3 Å². The fourth-order valence-corrected chi connectivity index (χ4v) is 4.63. The number of carbonyl (C=O) groups excluding carboxylic acids is 1. The van der Waals surface area contributed by atoms with Crippen LogP contribution in [-0.2, 0) is 19.6 Å². The Bertz CT molecular complexity index is 755. The number of sulfonamides is 1. The summed E-state index contributed by atoms with van der Waals surface area (Å²) in [6, 6.07) is 7.01. The second-order valence-corrected chi connectivity index (χ2v) is 11.5. The fraction of sp³-hybridized carbons (Fsp3) is 0.667. The minimum atomic E-state index is -3.49. The molecule has 1 aromatic carbocycles. The van der Waals surface area contributed by atoms with Crippen LogP contribution >= 0.6 is 0 Å². The molecule has 6 nitrogen and oxygen atoms in total. The van der Waals surface area contributed by atoms with E-state index in [4.69, 9.17) is 0 Å². The lowest BCUT2D eigenvalue weighted by Crippen LogP contribution is -2.40. The normalized spacial score (nSPS) is 21.3. The van der Waals surface area contributed by atoms with Gasteiger partial charge in [-0.05, 0) is 76.5 Å². The quantitative estimate of drug-likeness (QED) is 0.721. The molecule has 1 aliphatic rings. The van der Waals surface area contributed by atoms with E-state index in [9.17, 15) is 18.3 Å². The average Bonchev–Trinajstić information content (AvgIpc) is 3.05. The van der Waals surface area contributed by atoms with E-state index in [0.717, 1.165) is 5.56 Å². The van der Waals surface area contributed by atoms with Gasteiger partial charge in [-0.25, -0.2) is 13.1 Å². The molecule has 1 saturated carbocycles. The summed E-state index contributed by atoms with van der Waals surface area (Å²) in [6.45, 7) is 15.8. The van der Waals surface area contributed by atoms with Crippen molar-refractivity contribution in [2.45, 2.75) is 77.3 Å². The molecule has 160 valence electrons. The van der Waals surface area contributed by atoms with E-state index in [1.54, 1.807) is 12.1 Å². The minimum absolute atomic E-state index is 0.0821. The Balaban J connectivity index is 0.000000480. The summed E-state index contributed by atoms with van der Waals surface area (Å²) < 4.78 is 31.7. The number of benzene rings is 1. The van der Waals surface area contributed by atoms with Gasteiger partial charge >= 0.3 is 0 Å². The predicted octanol–water partition coefficient (Wildman–Crippen LogP) is 3.45. The largest absolute Gasteiger partial charge is 0.462 e. The van der Waals surface area contributed by atoms with Crippen molar-refractivity contribution in [2.75, 3.05) is 6.61 Å². The van der Waals surface area contributed by atoms with E-state index < -0.39 is 15.6 Å². The van der Waals surface area contributed by atoms with Crippen LogP contribution in [0.1, 0.15) is 66.9 Å². The Kier molecular flexibility index (Phi) is 7.48. The molecule has 1 fully saturated rings. The summed E-state index contributed by atoms with van der Waals surface area (Å²) >= 11 is 0. The third-order valence-corrected chi connectivity index (χ3v) is 6.41. The third-order valence-electron chi connectivity index (χ3n) is 4.64. The van der Waals surface area contributed by atoms with E-state index in [2.05, 4.69) is 23.3 Å². The molecule has 28 heavy (non-hydrogen) atoms. The molecule has 0 spiro atoms. The van der Waals surface area contributed by atoms with Crippen LogP contribution in [0.3, 0.4) is 0 Å². The topological polar surface area (TPSA) is 92.7 Å². The first-order chi connectivity index (χ1) is 12.5. The van der Waals surface area contributed by atoms with Gasteiger partial charge in [0.1, 0.15) is 5.60 Å². The molecule has 0 heterocycles. The van der Waals surface area contributed by atoms with E-state index in [1.165, 1.54) is 0 Å². The Labute approximate surface area is 169 Å². The molecule has 0 radical (unpaired) electrons. The molecule has 0 bridgehead atoms. The van der Waals surface area contributed by atoms with Crippen LogP contribution in [0.15, 0.2) is 29.2 Å². The van der Waals surface area contributed by atoms with Crippen LogP contribution in [0.5, 0.6) is 0 Å². The van der Waals surface area contributed by atoms with Crippen LogP contribution in [0.25, 0.3) is 0 Å². The van der Waals surface area contributed by atoms with Gasteiger partial charge in [0.2, 0.25) is 10.0 Å². The summed E-state index contributed by atoms with van der Waals surface area (Å²) in [5.41, 5.74) is 0.354. The number of hydrogen-bond donors (Lipinski definition) is 2. The molecular weight excluding hydrogens is 378 g/mol. The van der Waals surface area contributed by atoms with Gasteiger partial charge in [-0.3, -0.25) is 4.79 Å². The lowest BCUT2D eigenvalue weighted by Gasteiger charge is -2.20. The number of rotatable bonds is 5. The molecule has 7 heteroatoms. The van der Waals surface area contributed by atoms with Crippen molar-refractivity contribution in [3.63, 3.8) is 0 Å². The molecule has 2 atom stereocenters. The molecular formula is C21H35NO5S. The van der Waals surface area contributed by atoms with Gasteiger partial charge in [0, 0.05) is 12.1 Å². The van der Waals surface area contributed by atoms with E-state index >= 15 is 0 Å². The first-order valence-corrected chi connectivity index (χ1v) is 10.9. The number of ether oxygens (including phenoxy) is 1. The van der Waals surface area contributed by atoms with Crippen molar-refractivity contribution < 1.29 is 23.1 Å². The highest BCUT2D eigenvalue weighted by Crippen LogP contribution is 2.64. The van der Waals surface area contributed by atoms with Crippen molar-refractivity contribution in [3.8, 4) is 0 Å². The van der Waals surface area contributed by atoms with Crippen molar-refractivity contribution >= 4 is 16.5 Å². The van der Waals surface area contributed by atoms with Gasteiger partial charge < -0.3 is 9.84 Å². The third kappa shape index (κ3) is 6.87. The lowest BCUT2D eigenvalue weighted by molar-refractivity contribution is -0.138. The zero-order valence-corrected chi connectivity index (χ0v) is 19.1. The Hall–Kier alpha value is -1.44. The highest BCUT2D eigenvalue weighted by molar-refractivity contribution is 7.89. The van der Waals surface area contributed by atoms with Crippen LogP contribution in [0.4, 0.5) is 0 Å². The predicted molar refractivity (Wildman–Crippen MR) is 111 cm³/mol. The molecule has 0 aliphatic heterocycles. The number of carbonyl (C=O) groups is 1. The van der Waals surface area contributed by atoms with Crippen LogP contribution in [-0.4, -0.2) is 37.7 Å². The summed E-state index contributed by atoms with van der Waals surface area (Å²) in [7, 11) is -3.49. The van der Waals surface area contributed by atoms with E-state index in [1.807, 2.05) is 53.7 Å². The summed E-state index contributed by atoms with van der Waals surface area (Å²) in [4.78, 5) is 9.88. The monoisotopic (exact) mass is 413 g/mol. The molecule has 0 saturated heterocycles. The SMILES string of the molecule is CC(C)(C)NS(=O)(=O)c1ccc([C@@H]2[C@@H](CO)C2(C)C)cc1.CC(C)(C)OC=O. The first-order valence-electron chi connectivity index (χ1n) is 9.41. The summed E-state index contributed by atoms with van der Waals surface area (Å²) in [5.74, 6) is 0.558. The van der Waals surface area contributed by atoms with Crippen LogP contribution in [0.2, 0.25) is 0 Å². The number of hydrogen-bond acceptors (Lipinski definition) is 5. The van der Waals surface area contributed by atoms with Crippen molar-refractivity contribution in [2.24, 2.45) is 11.3 Å². The Morgan fingerprint density at radius 3 is 1.89 bits per heavy atom. The number of aliphatic hydroxyl groups is 1. The summed E-state index contributed by atoms with van der Waals surface area (Å²) in [6.07, 6.45) is 0. The second-order valence-electron chi connectivity index (χ2n) is 9.84. The molecule has 1 aliphatic carbocycles. The lowest BCUT2D eigenvalue weighted by atomic mass is 10.0. The maximum atomic E-state index is 12.2. The Morgan fingerprint density at radius 2 is 1.61 bits per heavy atom. The van der Waals surface area contributed by atoms with Gasteiger partial charge in [0.15, 0.2) is 0 Å². The van der Waals surface area contributed by atoms with E-state index in [0.29, 0.717) is 12.4 Å². The number of aliphatic hydroxyl groups excluding tert-OH is 1. The highest BCUT2D eigenvalue weighted by atomic mass is 32.2. The van der Waals surface area contributed by atoms with Crippen molar-refractivity contribution in [1.29, 1.82) is 0 Å². The van der Waals surface area contributed by atoms with Crippen molar-refractivity contribution in [1.82, 2.24) is 4.72 Å². The fourth-order valence-electron chi connectivity index (χ4n) is 3.21. The molecule has 1 aromatic rings. The zero-order valence-electron chi connectivity index (χ0n) is 18.2. The first kappa shape index (κ1) is 24.6. The summed E-state index contributed by atoms with van der Waals surface area (Å²) in [5, 5.41) is 9.38. The smallest absolute Gasteiger partial charge is 0.293 e.